The number of thioether (sulfide) groups is 1. The van der Waals surface area contributed by atoms with Gasteiger partial charge in [-0.1, -0.05) is 42.1 Å². The fourth-order valence-corrected chi connectivity index (χ4v) is 4.20. The van der Waals surface area contributed by atoms with E-state index in [0.29, 0.717) is 5.75 Å². The monoisotopic (exact) mass is 381 g/mol. The number of tetrazole rings is 1. The largest absolute Gasteiger partial charge is 0.496 e. The maximum Gasteiger partial charge on any atom is 0.214 e. The predicted molar refractivity (Wildman–Crippen MR) is 103 cm³/mol. The van der Waals surface area contributed by atoms with Crippen LogP contribution in [0.15, 0.2) is 65.1 Å². The van der Waals surface area contributed by atoms with Crippen molar-refractivity contribution in [2.24, 2.45) is 0 Å². The van der Waals surface area contributed by atoms with Crippen LogP contribution >= 0.6 is 23.1 Å². The van der Waals surface area contributed by atoms with Gasteiger partial charge in [-0.3, -0.25) is 0 Å². The van der Waals surface area contributed by atoms with E-state index in [0.717, 1.165) is 32.9 Å². The molecule has 6 nitrogen and oxygen atoms in total. The molecule has 0 N–H and O–H groups in total. The molecule has 2 heterocycles. The van der Waals surface area contributed by atoms with Gasteiger partial charge in [-0.2, -0.15) is 4.68 Å². The normalized spacial score (nSPS) is 10.8. The zero-order chi connectivity index (χ0) is 17.8. The fourth-order valence-electron chi connectivity index (χ4n) is 2.46. The van der Waals surface area contributed by atoms with Gasteiger partial charge >= 0.3 is 0 Å². The van der Waals surface area contributed by atoms with Crippen LogP contribution in [0.1, 0.15) is 5.69 Å². The molecule has 4 rings (SSSR count). The summed E-state index contributed by atoms with van der Waals surface area (Å²) in [5.74, 6) is 1.52. The highest BCUT2D eigenvalue weighted by molar-refractivity contribution is 7.98. The van der Waals surface area contributed by atoms with Gasteiger partial charge in [0.25, 0.3) is 0 Å². The standard InChI is InChI=1S/C18H15N5OS2/c1-24-16-10-6-5-9-15(16)17-19-13(11-25-17)12-26-18-20-21-22-23(18)14-7-3-2-4-8-14/h2-11H,12H2,1H3. The Morgan fingerprint density at radius 3 is 2.73 bits per heavy atom. The Morgan fingerprint density at radius 2 is 1.88 bits per heavy atom. The molecule has 0 aliphatic heterocycles. The molecule has 0 unspecified atom stereocenters. The molecule has 0 bridgehead atoms. The average molecular weight is 381 g/mol. The number of para-hydroxylation sites is 2. The van der Waals surface area contributed by atoms with Crippen LogP contribution in [0, 0.1) is 0 Å². The third kappa shape index (κ3) is 3.47. The summed E-state index contributed by atoms with van der Waals surface area (Å²) in [4.78, 5) is 4.73. The van der Waals surface area contributed by atoms with Crippen LogP contribution in [0.2, 0.25) is 0 Å². The van der Waals surface area contributed by atoms with Crippen molar-refractivity contribution in [2.75, 3.05) is 7.11 Å². The minimum atomic E-state index is 0.693. The van der Waals surface area contributed by atoms with E-state index >= 15 is 0 Å². The maximum atomic E-state index is 5.42. The highest BCUT2D eigenvalue weighted by atomic mass is 32.2. The zero-order valence-electron chi connectivity index (χ0n) is 13.9. The molecule has 0 amide bonds. The van der Waals surface area contributed by atoms with Crippen molar-refractivity contribution in [3.8, 4) is 22.0 Å². The van der Waals surface area contributed by atoms with Crippen molar-refractivity contribution in [3.63, 3.8) is 0 Å². The predicted octanol–water partition coefficient (Wildman–Crippen LogP) is 4.09. The second kappa shape index (κ2) is 7.67. The summed E-state index contributed by atoms with van der Waals surface area (Å²) in [5, 5.41) is 15.7. The molecule has 26 heavy (non-hydrogen) atoms. The van der Waals surface area contributed by atoms with Crippen molar-refractivity contribution in [1.82, 2.24) is 25.2 Å². The van der Waals surface area contributed by atoms with Crippen LogP contribution in [0.4, 0.5) is 0 Å². The summed E-state index contributed by atoms with van der Waals surface area (Å²) in [6, 6.07) is 17.7. The van der Waals surface area contributed by atoms with Crippen LogP contribution in [-0.4, -0.2) is 32.3 Å². The van der Waals surface area contributed by atoms with E-state index in [-0.39, 0.29) is 0 Å². The molecule has 0 aliphatic rings. The molecule has 2 aromatic carbocycles. The van der Waals surface area contributed by atoms with Crippen LogP contribution < -0.4 is 4.74 Å². The van der Waals surface area contributed by atoms with Gasteiger partial charge in [0.1, 0.15) is 10.8 Å². The first-order chi connectivity index (χ1) is 12.8. The third-order valence-electron chi connectivity index (χ3n) is 3.68. The molecule has 0 spiro atoms. The first-order valence-corrected chi connectivity index (χ1v) is 9.76. The van der Waals surface area contributed by atoms with Crippen LogP contribution in [0.3, 0.4) is 0 Å². The molecular formula is C18H15N5OS2. The summed E-state index contributed by atoms with van der Waals surface area (Å²) in [6.07, 6.45) is 0. The van der Waals surface area contributed by atoms with Crippen molar-refractivity contribution in [1.29, 1.82) is 0 Å². The molecule has 2 aromatic heterocycles. The Kier molecular flexibility index (Phi) is 4.94. The number of methoxy groups -OCH3 is 1. The Morgan fingerprint density at radius 1 is 1.08 bits per heavy atom. The minimum absolute atomic E-state index is 0.693. The van der Waals surface area contributed by atoms with Crippen molar-refractivity contribution in [2.45, 2.75) is 10.9 Å². The van der Waals surface area contributed by atoms with Gasteiger partial charge in [-0.15, -0.1) is 16.4 Å². The number of nitrogens with zero attached hydrogens (tertiary/aromatic N) is 5. The van der Waals surface area contributed by atoms with Crippen molar-refractivity contribution >= 4 is 23.1 Å². The summed E-state index contributed by atoms with van der Waals surface area (Å²) < 4.78 is 7.16. The van der Waals surface area contributed by atoms with E-state index in [1.165, 1.54) is 0 Å². The zero-order valence-corrected chi connectivity index (χ0v) is 15.6. The van der Waals surface area contributed by atoms with E-state index in [2.05, 4.69) is 20.9 Å². The lowest BCUT2D eigenvalue weighted by molar-refractivity contribution is 0.416. The summed E-state index contributed by atoms with van der Waals surface area (Å²) in [5.41, 5.74) is 2.93. The first kappa shape index (κ1) is 16.7. The van der Waals surface area contributed by atoms with E-state index in [9.17, 15) is 0 Å². The van der Waals surface area contributed by atoms with Gasteiger partial charge in [0.05, 0.1) is 24.1 Å². The van der Waals surface area contributed by atoms with E-state index in [1.807, 2.05) is 54.6 Å². The molecule has 0 saturated carbocycles. The molecule has 8 heteroatoms. The first-order valence-electron chi connectivity index (χ1n) is 7.89. The van der Waals surface area contributed by atoms with Crippen LogP contribution in [0.5, 0.6) is 5.75 Å². The number of ether oxygens (including phenoxy) is 1. The molecule has 0 atom stereocenters. The van der Waals surface area contributed by atoms with Gasteiger partial charge in [-0.25, -0.2) is 4.98 Å². The van der Waals surface area contributed by atoms with Crippen molar-refractivity contribution < 1.29 is 4.74 Å². The topological polar surface area (TPSA) is 65.7 Å². The van der Waals surface area contributed by atoms with Crippen LogP contribution in [-0.2, 0) is 5.75 Å². The highest BCUT2D eigenvalue weighted by Crippen LogP contribution is 2.33. The number of hydrogen-bond donors (Lipinski definition) is 0. The Bertz CT molecular complexity index is 1000. The molecule has 0 saturated heterocycles. The molecular weight excluding hydrogens is 366 g/mol. The quantitative estimate of drug-likeness (QED) is 0.469. The molecule has 0 fully saturated rings. The molecule has 130 valence electrons. The molecule has 0 radical (unpaired) electrons. The second-order valence-corrected chi connectivity index (χ2v) is 7.14. The number of hydrogen-bond acceptors (Lipinski definition) is 7. The summed E-state index contributed by atoms with van der Waals surface area (Å²) in [7, 11) is 1.67. The number of thiazole rings is 1. The van der Waals surface area contributed by atoms with Crippen molar-refractivity contribution in [3.05, 3.63) is 65.7 Å². The van der Waals surface area contributed by atoms with E-state index in [1.54, 1.807) is 34.9 Å². The van der Waals surface area contributed by atoms with E-state index in [4.69, 9.17) is 9.72 Å². The summed E-state index contributed by atoms with van der Waals surface area (Å²) in [6.45, 7) is 0. The average Bonchev–Trinajstić information content (AvgIpc) is 3.36. The Labute approximate surface area is 158 Å². The Balaban J connectivity index is 1.51. The highest BCUT2D eigenvalue weighted by Gasteiger charge is 2.12. The fraction of sp³-hybridized carbons (Fsp3) is 0.111. The lowest BCUT2D eigenvalue weighted by Crippen LogP contribution is -1.98. The number of rotatable bonds is 6. The number of benzene rings is 2. The smallest absolute Gasteiger partial charge is 0.214 e. The lowest BCUT2D eigenvalue weighted by Gasteiger charge is -2.04. The lowest BCUT2D eigenvalue weighted by atomic mass is 10.2. The van der Waals surface area contributed by atoms with Gasteiger partial charge in [-0.05, 0) is 34.7 Å². The maximum absolute atomic E-state index is 5.42. The second-order valence-electron chi connectivity index (χ2n) is 5.34. The van der Waals surface area contributed by atoms with Gasteiger partial charge in [0.2, 0.25) is 5.16 Å². The SMILES string of the molecule is COc1ccccc1-c1nc(CSc2nnnn2-c2ccccc2)cs1. The van der Waals surface area contributed by atoms with Gasteiger partial charge in [0.15, 0.2) is 0 Å². The Hall–Kier alpha value is -2.71. The van der Waals surface area contributed by atoms with E-state index < -0.39 is 0 Å². The molecule has 4 aromatic rings. The summed E-state index contributed by atoms with van der Waals surface area (Å²) >= 11 is 3.17. The van der Waals surface area contributed by atoms with Crippen LogP contribution in [0.25, 0.3) is 16.3 Å². The minimum Gasteiger partial charge on any atom is -0.496 e. The van der Waals surface area contributed by atoms with Gasteiger partial charge < -0.3 is 4.74 Å². The third-order valence-corrected chi connectivity index (χ3v) is 5.56. The molecule has 0 aliphatic carbocycles. The number of aromatic nitrogens is 5. The van der Waals surface area contributed by atoms with Gasteiger partial charge in [0, 0.05) is 11.1 Å².